The number of thiophene rings is 1. The van der Waals surface area contributed by atoms with Gasteiger partial charge in [-0.05, 0) is 66.0 Å². The van der Waals surface area contributed by atoms with E-state index >= 15 is 0 Å². The Balaban J connectivity index is 1.51. The molecule has 1 atom stereocenters. The number of rotatable bonds is 6. The zero-order chi connectivity index (χ0) is 18.4. The van der Waals surface area contributed by atoms with E-state index in [0.717, 1.165) is 18.7 Å². The van der Waals surface area contributed by atoms with Crippen molar-refractivity contribution in [1.82, 2.24) is 15.5 Å². The van der Waals surface area contributed by atoms with Gasteiger partial charge in [-0.25, -0.2) is 0 Å². The lowest BCUT2D eigenvalue weighted by Gasteiger charge is -2.27. The molecule has 0 unspecified atom stereocenters. The minimum absolute atomic E-state index is 0.122. The van der Waals surface area contributed by atoms with Crippen molar-refractivity contribution in [2.75, 3.05) is 19.6 Å². The molecule has 0 spiro atoms. The number of benzene rings is 1. The average Bonchev–Trinajstić information content (AvgIpc) is 3.35. The van der Waals surface area contributed by atoms with Crippen molar-refractivity contribution in [3.8, 4) is 0 Å². The van der Waals surface area contributed by atoms with Crippen LogP contribution in [0.15, 0.2) is 41.1 Å². The molecule has 0 radical (unpaired) electrons. The number of nitrogens with one attached hydrogen (secondary N) is 2. The number of carbonyl (C=O) groups is 2. The van der Waals surface area contributed by atoms with Crippen molar-refractivity contribution in [2.45, 2.75) is 25.4 Å². The summed E-state index contributed by atoms with van der Waals surface area (Å²) < 4.78 is 0. The highest BCUT2D eigenvalue weighted by atomic mass is 35.5. The second-order valence-corrected chi connectivity index (χ2v) is 7.55. The van der Waals surface area contributed by atoms with Crippen LogP contribution in [-0.2, 0) is 16.1 Å². The van der Waals surface area contributed by atoms with E-state index in [4.69, 9.17) is 11.6 Å². The maximum Gasteiger partial charge on any atom is 0.309 e. The van der Waals surface area contributed by atoms with Crippen LogP contribution in [0.25, 0.3) is 0 Å². The Morgan fingerprint density at radius 1 is 1.08 bits per heavy atom. The molecule has 2 amide bonds. The summed E-state index contributed by atoms with van der Waals surface area (Å²) in [5, 5.41) is 10.2. The molecule has 0 aliphatic carbocycles. The Morgan fingerprint density at radius 3 is 2.42 bits per heavy atom. The molecule has 5 nitrogen and oxygen atoms in total. The summed E-state index contributed by atoms with van der Waals surface area (Å²) in [5.41, 5.74) is 2.09. The number of halogens is 1. The average molecular weight is 392 g/mol. The van der Waals surface area contributed by atoms with Crippen LogP contribution in [0.1, 0.15) is 30.0 Å². The monoisotopic (exact) mass is 391 g/mol. The molecule has 1 fully saturated rings. The fourth-order valence-corrected chi connectivity index (χ4v) is 3.94. The maximum atomic E-state index is 12.1. The van der Waals surface area contributed by atoms with Crippen molar-refractivity contribution < 1.29 is 9.59 Å². The molecule has 1 aliphatic heterocycles. The van der Waals surface area contributed by atoms with E-state index in [0.29, 0.717) is 18.1 Å². The number of nitrogens with zero attached hydrogens (tertiary/aromatic N) is 1. The SMILES string of the molecule is O=C(NCc1ccc(Cl)cc1)C(=O)NC[C@@H](c1ccsc1)N1CCCC1. The van der Waals surface area contributed by atoms with E-state index in [-0.39, 0.29) is 6.04 Å². The molecule has 1 aliphatic rings. The van der Waals surface area contributed by atoms with Crippen molar-refractivity contribution >= 4 is 34.8 Å². The molecule has 3 rings (SSSR count). The number of likely N-dealkylation sites (tertiary alicyclic amines) is 1. The molecule has 2 aromatic rings. The molecular weight excluding hydrogens is 370 g/mol. The first-order valence-electron chi connectivity index (χ1n) is 8.70. The molecule has 2 heterocycles. The van der Waals surface area contributed by atoms with E-state index in [1.807, 2.05) is 17.5 Å². The highest BCUT2D eigenvalue weighted by Gasteiger charge is 2.25. The van der Waals surface area contributed by atoms with Gasteiger partial charge in [-0.2, -0.15) is 11.3 Å². The Hall–Kier alpha value is -1.89. The van der Waals surface area contributed by atoms with Crippen LogP contribution >= 0.6 is 22.9 Å². The van der Waals surface area contributed by atoms with Crippen molar-refractivity contribution in [2.24, 2.45) is 0 Å². The quantitative estimate of drug-likeness (QED) is 0.744. The van der Waals surface area contributed by atoms with Crippen LogP contribution in [0.3, 0.4) is 0 Å². The number of hydrogen-bond acceptors (Lipinski definition) is 4. The van der Waals surface area contributed by atoms with Gasteiger partial charge >= 0.3 is 11.8 Å². The molecule has 1 saturated heterocycles. The zero-order valence-electron chi connectivity index (χ0n) is 14.4. The molecule has 2 N–H and O–H groups in total. The third kappa shape index (κ3) is 5.06. The van der Waals surface area contributed by atoms with Crippen LogP contribution in [-0.4, -0.2) is 36.3 Å². The first kappa shape index (κ1) is 18.9. The third-order valence-corrected chi connectivity index (χ3v) is 5.49. The largest absolute Gasteiger partial charge is 0.346 e. The molecule has 1 aromatic heterocycles. The van der Waals surface area contributed by atoms with E-state index in [1.165, 1.54) is 18.4 Å². The van der Waals surface area contributed by atoms with Gasteiger partial charge < -0.3 is 10.6 Å². The third-order valence-electron chi connectivity index (χ3n) is 4.54. The van der Waals surface area contributed by atoms with Gasteiger partial charge in [-0.15, -0.1) is 0 Å². The molecule has 0 bridgehead atoms. The Bertz CT molecular complexity index is 728. The van der Waals surface area contributed by atoms with Gasteiger partial charge in [0.15, 0.2) is 0 Å². The number of amides is 2. The van der Waals surface area contributed by atoms with Gasteiger partial charge in [0.25, 0.3) is 0 Å². The second-order valence-electron chi connectivity index (χ2n) is 6.33. The first-order valence-corrected chi connectivity index (χ1v) is 10.0. The highest BCUT2D eigenvalue weighted by Crippen LogP contribution is 2.26. The topological polar surface area (TPSA) is 61.4 Å². The Morgan fingerprint density at radius 2 is 1.77 bits per heavy atom. The Labute approximate surface area is 162 Å². The summed E-state index contributed by atoms with van der Waals surface area (Å²) in [4.78, 5) is 26.6. The second kappa shape index (κ2) is 9.16. The number of carbonyl (C=O) groups excluding carboxylic acids is 2. The predicted molar refractivity (Wildman–Crippen MR) is 104 cm³/mol. The van der Waals surface area contributed by atoms with Gasteiger partial charge in [0.05, 0.1) is 6.04 Å². The molecule has 1 aromatic carbocycles. The fraction of sp³-hybridized carbons (Fsp3) is 0.368. The molecule has 0 saturated carbocycles. The van der Waals surface area contributed by atoms with E-state index in [2.05, 4.69) is 27.0 Å². The van der Waals surface area contributed by atoms with Crippen molar-refractivity contribution in [3.05, 3.63) is 57.2 Å². The highest BCUT2D eigenvalue weighted by molar-refractivity contribution is 7.08. The zero-order valence-corrected chi connectivity index (χ0v) is 16.0. The molecule has 7 heteroatoms. The summed E-state index contributed by atoms with van der Waals surface area (Å²) in [6.45, 7) is 2.78. The van der Waals surface area contributed by atoms with Gasteiger partial charge in [0.1, 0.15) is 0 Å². The van der Waals surface area contributed by atoms with Crippen LogP contribution in [0.4, 0.5) is 0 Å². The van der Waals surface area contributed by atoms with E-state index in [9.17, 15) is 9.59 Å². The predicted octanol–water partition coefficient (Wildman–Crippen LogP) is 2.97. The van der Waals surface area contributed by atoms with Gasteiger partial charge in [0, 0.05) is 18.1 Å². The molecular formula is C19H22ClN3O2S. The van der Waals surface area contributed by atoms with Gasteiger partial charge in [0.2, 0.25) is 0 Å². The summed E-state index contributed by atoms with van der Waals surface area (Å²) in [5.74, 6) is -1.22. The lowest BCUT2D eigenvalue weighted by atomic mass is 10.1. The summed E-state index contributed by atoms with van der Waals surface area (Å²) in [7, 11) is 0. The Kier molecular flexibility index (Phi) is 6.66. The van der Waals surface area contributed by atoms with Crippen LogP contribution < -0.4 is 10.6 Å². The van der Waals surface area contributed by atoms with Gasteiger partial charge in [-0.1, -0.05) is 23.7 Å². The van der Waals surface area contributed by atoms with Crippen molar-refractivity contribution in [3.63, 3.8) is 0 Å². The van der Waals surface area contributed by atoms with Crippen LogP contribution in [0.2, 0.25) is 5.02 Å². The first-order chi connectivity index (χ1) is 12.6. The maximum absolute atomic E-state index is 12.1. The minimum Gasteiger partial charge on any atom is -0.346 e. The van der Waals surface area contributed by atoms with E-state index < -0.39 is 11.8 Å². The van der Waals surface area contributed by atoms with Gasteiger partial charge in [-0.3, -0.25) is 14.5 Å². The standard InChI is InChI=1S/C19H22ClN3O2S/c20-16-5-3-14(4-6-16)11-21-18(24)19(25)22-12-17(15-7-10-26-13-15)23-8-1-2-9-23/h3-7,10,13,17H,1-2,8-9,11-12H2,(H,21,24)(H,22,25)/t17-/m0/s1. The number of hydrogen-bond donors (Lipinski definition) is 2. The summed E-state index contributed by atoms with van der Waals surface area (Å²) in [6, 6.07) is 9.35. The van der Waals surface area contributed by atoms with E-state index in [1.54, 1.807) is 23.5 Å². The van der Waals surface area contributed by atoms with Crippen molar-refractivity contribution in [1.29, 1.82) is 0 Å². The smallest absolute Gasteiger partial charge is 0.309 e. The summed E-state index contributed by atoms with van der Waals surface area (Å²) >= 11 is 7.48. The molecule has 138 valence electrons. The fourth-order valence-electron chi connectivity index (χ4n) is 3.11. The molecule has 26 heavy (non-hydrogen) atoms. The summed E-state index contributed by atoms with van der Waals surface area (Å²) in [6.07, 6.45) is 2.35. The normalized spacial score (nSPS) is 15.6. The van der Waals surface area contributed by atoms with Crippen LogP contribution in [0, 0.1) is 0 Å². The lowest BCUT2D eigenvalue weighted by Crippen LogP contribution is -2.43. The minimum atomic E-state index is -0.620. The lowest BCUT2D eigenvalue weighted by molar-refractivity contribution is -0.139. The van der Waals surface area contributed by atoms with Crippen LogP contribution in [0.5, 0.6) is 0 Å².